The number of aliphatic hydroxyl groups is 1. The van der Waals surface area contributed by atoms with Gasteiger partial charge >= 0.3 is 0 Å². The first kappa shape index (κ1) is 13.3. The molecule has 0 radical (unpaired) electrons. The molecule has 4 N–H and O–H groups in total. The molecule has 21 heavy (non-hydrogen) atoms. The number of Topliss-reactive ketones (excluding diaryl/α,β-unsaturated/α-hetero) is 1. The summed E-state index contributed by atoms with van der Waals surface area (Å²) in [5, 5.41) is 38.6. The van der Waals surface area contributed by atoms with Crippen LogP contribution < -0.4 is 4.74 Å². The summed E-state index contributed by atoms with van der Waals surface area (Å²) in [7, 11) is 0. The molecule has 0 amide bonds. The zero-order valence-corrected chi connectivity index (χ0v) is 10.7. The molecule has 0 spiro atoms. The van der Waals surface area contributed by atoms with Crippen molar-refractivity contribution < 1.29 is 30.0 Å². The normalized spacial score (nSPS) is 20.7. The van der Waals surface area contributed by atoms with Gasteiger partial charge in [-0.05, 0) is 29.8 Å². The molecule has 108 valence electrons. The van der Waals surface area contributed by atoms with Crippen LogP contribution in [0.4, 0.5) is 0 Å². The van der Waals surface area contributed by atoms with E-state index in [0.717, 1.165) is 6.07 Å². The number of hydrogen-bond acceptors (Lipinski definition) is 6. The van der Waals surface area contributed by atoms with Crippen molar-refractivity contribution in [3.63, 3.8) is 0 Å². The lowest BCUT2D eigenvalue weighted by molar-refractivity contribution is 0.0203. The summed E-state index contributed by atoms with van der Waals surface area (Å²) in [6.07, 6.45) is -2.47. The lowest BCUT2D eigenvalue weighted by atomic mass is 9.93. The standard InChI is InChI=1S/C15H12O6/c16-8-3-1-7(2-4-8)14-13(20)11(18)9-5-6-10(17)12(19)15(9)21-14/h1-6,13-14,16-17,19-20H/t13-,14+/m1/s1. The quantitative estimate of drug-likeness (QED) is 0.592. The molecule has 1 heterocycles. The van der Waals surface area contributed by atoms with Gasteiger partial charge < -0.3 is 25.2 Å². The van der Waals surface area contributed by atoms with E-state index in [1.165, 1.54) is 30.3 Å². The summed E-state index contributed by atoms with van der Waals surface area (Å²) < 4.78 is 5.49. The van der Waals surface area contributed by atoms with Crippen LogP contribution >= 0.6 is 0 Å². The van der Waals surface area contributed by atoms with Crippen molar-refractivity contribution in [1.29, 1.82) is 0 Å². The van der Waals surface area contributed by atoms with Crippen LogP contribution in [-0.4, -0.2) is 32.3 Å². The molecule has 0 aliphatic carbocycles. The smallest absolute Gasteiger partial charge is 0.201 e. The van der Waals surface area contributed by atoms with Gasteiger partial charge in [-0.2, -0.15) is 0 Å². The predicted octanol–water partition coefficient (Wildman–Crippen LogP) is 1.48. The van der Waals surface area contributed by atoms with E-state index < -0.39 is 29.5 Å². The van der Waals surface area contributed by atoms with E-state index in [9.17, 15) is 25.2 Å². The van der Waals surface area contributed by atoms with Crippen molar-refractivity contribution >= 4 is 5.78 Å². The number of phenols is 3. The maximum atomic E-state index is 12.2. The number of benzene rings is 2. The van der Waals surface area contributed by atoms with Gasteiger partial charge in [-0.1, -0.05) is 12.1 Å². The molecule has 2 atom stereocenters. The molecule has 0 aromatic heterocycles. The summed E-state index contributed by atoms with van der Waals surface area (Å²) in [6.45, 7) is 0. The van der Waals surface area contributed by atoms with Crippen LogP contribution in [-0.2, 0) is 0 Å². The van der Waals surface area contributed by atoms with Gasteiger partial charge in [-0.25, -0.2) is 0 Å². The zero-order valence-electron chi connectivity index (χ0n) is 10.7. The molecule has 0 unspecified atom stereocenters. The molecule has 1 aliphatic rings. The molecule has 0 fully saturated rings. The summed E-state index contributed by atoms with van der Waals surface area (Å²) >= 11 is 0. The molecule has 3 rings (SSSR count). The second-order valence-corrected chi connectivity index (χ2v) is 4.75. The first-order valence-corrected chi connectivity index (χ1v) is 6.22. The minimum Gasteiger partial charge on any atom is -0.508 e. The number of rotatable bonds is 1. The van der Waals surface area contributed by atoms with E-state index in [0.29, 0.717) is 5.56 Å². The molecule has 0 saturated carbocycles. The molecular weight excluding hydrogens is 276 g/mol. The molecule has 6 heteroatoms. The Labute approximate surface area is 119 Å². The van der Waals surface area contributed by atoms with Crippen molar-refractivity contribution in [3.05, 3.63) is 47.5 Å². The second-order valence-electron chi connectivity index (χ2n) is 4.75. The first-order chi connectivity index (χ1) is 9.99. The third kappa shape index (κ3) is 2.05. The number of aliphatic hydroxyl groups excluding tert-OH is 1. The third-order valence-electron chi connectivity index (χ3n) is 3.40. The highest BCUT2D eigenvalue weighted by Gasteiger charge is 2.38. The lowest BCUT2D eigenvalue weighted by Crippen LogP contribution is -2.36. The molecule has 1 aliphatic heterocycles. The van der Waals surface area contributed by atoms with Gasteiger partial charge in [0.15, 0.2) is 29.5 Å². The lowest BCUT2D eigenvalue weighted by Gasteiger charge is -2.30. The van der Waals surface area contributed by atoms with Crippen LogP contribution in [0, 0.1) is 0 Å². The van der Waals surface area contributed by atoms with Crippen molar-refractivity contribution in [2.24, 2.45) is 0 Å². The fourth-order valence-corrected chi connectivity index (χ4v) is 2.28. The highest BCUT2D eigenvalue weighted by molar-refractivity contribution is 6.04. The Morgan fingerprint density at radius 3 is 2.29 bits per heavy atom. The minimum atomic E-state index is -1.44. The van der Waals surface area contributed by atoms with Crippen LogP contribution in [0.25, 0.3) is 0 Å². The third-order valence-corrected chi connectivity index (χ3v) is 3.40. The molecular formula is C15H12O6. The summed E-state index contributed by atoms with van der Waals surface area (Å²) in [5.41, 5.74) is 0.467. The van der Waals surface area contributed by atoms with Gasteiger partial charge in [-0.15, -0.1) is 0 Å². The number of phenolic OH excluding ortho intramolecular Hbond substituents is 3. The number of ketones is 1. The van der Waals surface area contributed by atoms with Gasteiger partial charge in [0.25, 0.3) is 0 Å². The average molecular weight is 288 g/mol. The summed E-state index contributed by atoms with van der Waals surface area (Å²) in [6, 6.07) is 8.23. The van der Waals surface area contributed by atoms with Gasteiger partial charge in [0.1, 0.15) is 5.75 Å². The van der Waals surface area contributed by atoms with Crippen molar-refractivity contribution in [2.45, 2.75) is 12.2 Å². The van der Waals surface area contributed by atoms with E-state index >= 15 is 0 Å². The Balaban J connectivity index is 2.08. The molecule has 2 aromatic rings. The predicted molar refractivity (Wildman–Crippen MR) is 71.6 cm³/mol. The molecule has 2 aromatic carbocycles. The van der Waals surface area contributed by atoms with E-state index in [1.54, 1.807) is 0 Å². The van der Waals surface area contributed by atoms with Crippen molar-refractivity contribution in [1.82, 2.24) is 0 Å². The largest absolute Gasteiger partial charge is 0.508 e. The number of aromatic hydroxyl groups is 3. The Hall–Kier alpha value is -2.73. The number of hydrogen-bond donors (Lipinski definition) is 4. The van der Waals surface area contributed by atoms with Gasteiger partial charge in [0.05, 0.1) is 5.56 Å². The van der Waals surface area contributed by atoms with Crippen LogP contribution in [0.15, 0.2) is 36.4 Å². The van der Waals surface area contributed by atoms with Crippen LogP contribution in [0.1, 0.15) is 22.0 Å². The number of ether oxygens (including phenoxy) is 1. The van der Waals surface area contributed by atoms with E-state index in [1.807, 2.05) is 0 Å². The maximum Gasteiger partial charge on any atom is 0.201 e. The number of carbonyl (C=O) groups excluding carboxylic acids is 1. The Morgan fingerprint density at radius 1 is 0.952 bits per heavy atom. The maximum absolute atomic E-state index is 12.2. The van der Waals surface area contributed by atoms with Crippen molar-refractivity contribution in [2.75, 3.05) is 0 Å². The molecule has 6 nitrogen and oxygen atoms in total. The summed E-state index contributed by atoms with van der Waals surface area (Å²) in [5.74, 6) is -1.69. The Morgan fingerprint density at radius 2 is 1.62 bits per heavy atom. The highest BCUT2D eigenvalue weighted by atomic mass is 16.5. The van der Waals surface area contributed by atoms with Crippen molar-refractivity contribution in [3.8, 4) is 23.0 Å². The fourth-order valence-electron chi connectivity index (χ4n) is 2.28. The van der Waals surface area contributed by atoms with Gasteiger partial charge in [0, 0.05) is 0 Å². The Kier molecular flexibility index (Phi) is 2.95. The molecule has 0 saturated heterocycles. The highest BCUT2D eigenvalue weighted by Crippen LogP contribution is 2.45. The second kappa shape index (κ2) is 4.68. The topological polar surface area (TPSA) is 107 Å². The zero-order chi connectivity index (χ0) is 15.1. The van der Waals surface area contributed by atoms with Crippen LogP contribution in [0.5, 0.6) is 23.0 Å². The summed E-state index contributed by atoms with van der Waals surface area (Å²) in [4.78, 5) is 12.2. The van der Waals surface area contributed by atoms with E-state index in [4.69, 9.17) is 4.74 Å². The van der Waals surface area contributed by atoms with Gasteiger partial charge in [0.2, 0.25) is 5.75 Å². The van der Waals surface area contributed by atoms with E-state index in [-0.39, 0.29) is 17.1 Å². The first-order valence-electron chi connectivity index (χ1n) is 6.22. The SMILES string of the molecule is O=C1c2ccc(O)c(O)c2O[C@@H](c2ccc(O)cc2)[C@@H]1O. The average Bonchev–Trinajstić information content (AvgIpc) is 2.48. The Bertz CT molecular complexity index is 707. The van der Waals surface area contributed by atoms with Crippen LogP contribution in [0.3, 0.4) is 0 Å². The monoisotopic (exact) mass is 288 g/mol. The number of carbonyl (C=O) groups is 1. The van der Waals surface area contributed by atoms with Crippen LogP contribution in [0.2, 0.25) is 0 Å². The van der Waals surface area contributed by atoms with E-state index in [2.05, 4.69) is 0 Å². The number of fused-ring (bicyclic) bond motifs is 1. The fraction of sp³-hybridized carbons (Fsp3) is 0.133. The minimum absolute atomic E-state index is 0.00725. The molecule has 0 bridgehead atoms. The van der Waals surface area contributed by atoms with Gasteiger partial charge in [-0.3, -0.25) is 4.79 Å².